The molecule has 2 rings (SSSR count). The normalized spacial score (nSPS) is 13.7. The van der Waals surface area contributed by atoms with Crippen LogP contribution in [0.25, 0.3) is 0 Å². The van der Waals surface area contributed by atoms with Gasteiger partial charge in [-0.15, -0.1) is 0 Å². The molecule has 0 saturated heterocycles. The fourth-order valence-electron chi connectivity index (χ4n) is 3.95. The molecule has 0 spiro atoms. The van der Waals surface area contributed by atoms with Gasteiger partial charge in [0.2, 0.25) is 17.6 Å². The minimum absolute atomic E-state index is 0.175. The lowest BCUT2D eigenvalue weighted by molar-refractivity contribution is -0.141. The SMILES string of the molecule is Cc1n[nH]c(C)c1C(=O)N[C@H](C(=O)N[C@@H](C)C(=O)N[C@H](C(=O)C(=O)NCc1ccccc1)C(C)C)C(C)(C)C. The Kier molecular flexibility index (Phi) is 10.5. The Balaban J connectivity index is 2.05. The van der Waals surface area contributed by atoms with Gasteiger partial charge in [-0.2, -0.15) is 5.10 Å². The summed E-state index contributed by atoms with van der Waals surface area (Å²) in [5.74, 6) is -3.63. The van der Waals surface area contributed by atoms with Crippen molar-refractivity contribution in [2.24, 2.45) is 11.3 Å². The lowest BCUT2D eigenvalue weighted by Crippen LogP contribution is -2.59. The van der Waals surface area contributed by atoms with Crippen LogP contribution in [0.15, 0.2) is 30.3 Å². The number of hydrogen-bond donors (Lipinski definition) is 5. The molecule has 0 bridgehead atoms. The second kappa shape index (κ2) is 13.2. The molecule has 2 aromatic rings. The van der Waals surface area contributed by atoms with Gasteiger partial charge in [0.05, 0.1) is 17.3 Å². The summed E-state index contributed by atoms with van der Waals surface area (Å²) in [6, 6.07) is 6.04. The zero-order valence-electron chi connectivity index (χ0n) is 23.9. The minimum atomic E-state index is -1.09. The van der Waals surface area contributed by atoms with Gasteiger partial charge < -0.3 is 21.3 Å². The van der Waals surface area contributed by atoms with Gasteiger partial charge in [0, 0.05) is 12.2 Å². The fourth-order valence-corrected chi connectivity index (χ4v) is 3.95. The molecular formula is C28H40N6O5. The van der Waals surface area contributed by atoms with Crippen molar-refractivity contribution in [3.8, 4) is 0 Å². The third kappa shape index (κ3) is 8.49. The van der Waals surface area contributed by atoms with Crippen LogP contribution >= 0.6 is 0 Å². The Bertz CT molecular complexity index is 1180. The summed E-state index contributed by atoms with van der Waals surface area (Å²) in [5, 5.41) is 17.3. The van der Waals surface area contributed by atoms with E-state index in [4.69, 9.17) is 0 Å². The molecule has 0 fully saturated rings. The maximum absolute atomic E-state index is 13.2. The predicted octanol–water partition coefficient (Wildman–Crippen LogP) is 1.70. The number of H-pyrrole nitrogens is 1. The summed E-state index contributed by atoms with van der Waals surface area (Å²) >= 11 is 0. The van der Waals surface area contributed by atoms with Crippen molar-refractivity contribution in [3.63, 3.8) is 0 Å². The minimum Gasteiger partial charge on any atom is -0.345 e. The number of aryl methyl sites for hydroxylation is 2. The topological polar surface area (TPSA) is 162 Å². The number of nitrogens with zero attached hydrogens (tertiary/aromatic N) is 1. The zero-order valence-corrected chi connectivity index (χ0v) is 23.9. The molecule has 4 amide bonds. The molecule has 1 heterocycles. The predicted molar refractivity (Wildman–Crippen MR) is 146 cm³/mol. The van der Waals surface area contributed by atoms with E-state index in [-0.39, 0.29) is 12.5 Å². The monoisotopic (exact) mass is 540 g/mol. The molecule has 1 aromatic heterocycles. The number of aromatic amines is 1. The molecule has 0 radical (unpaired) electrons. The largest absolute Gasteiger partial charge is 0.345 e. The molecular weight excluding hydrogens is 500 g/mol. The standard InChI is InChI=1S/C28H40N6O5/c1-15(2)21(22(35)26(38)29-14-19-12-10-9-11-13-19)31-24(36)18(5)30-27(39)23(28(6,7)8)32-25(37)20-16(3)33-34-17(20)4/h9-13,15,18,21,23H,14H2,1-8H3,(H,29,38)(H,30,39)(H,31,36)(H,32,37)(H,33,34)/t18-,21-,23+/m0/s1. The molecule has 5 N–H and O–H groups in total. The Labute approximate surface area is 229 Å². The van der Waals surface area contributed by atoms with Crippen molar-refractivity contribution in [1.82, 2.24) is 31.5 Å². The maximum Gasteiger partial charge on any atom is 0.289 e. The molecule has 11 nitrogen and oxygen atoms in total. The summed E-state index contributed by atoms with van der Waals surface area (Å²) in [5.41, 5.74) is 1.57. The number of carbonyl (C=O) groups is 5. The van der Waals surface area contributed by atoms with Crippen LogP contribution < -0.4 is 21.3 Å². The smallest absolute Gasteiger partial charge is 0.289 e. The van der Waals surface area contributed by atoms with E-state index >= 15 is 0 Å². The average Bonchev–Trinajstić information content (AvgIpc) is 3.20. The first-order valence-electron chi connectivity index (χ1n) is 12.9. The van der Waals surface area contributed by atoms with Gasteiger partial charge in [-0.3, -0.25) is 29.1 Å². The van der Waals surface area contributed by atoms with Crippen LogP contribution in [0.5, 0.6) is 0 Å². The lowest BCUT2D eigenvalue weighted by atomic mass is 9.85. The van der Waals surface area contributed by atoms with Gasteiger partial charge >= 0.3 is 0 Å². The van der Waals surface area contributed by atoms with Crippen molar-refractivity contribution in [3.05, 3.63) is 52.8 Å². The summed E-state index contributed by atoms with van der Waals surface area (Å²) < 4.78 is 0. The van der Waals surface area contributed by atoms with Crippen LogP contribution in [0.3, 0.4) is 0 Å². The molecule has 11 heteroatoms. The van der Waals surface area contributed by atoms with Crippen LogP contribution in [0, 0.1) is 25.2 Å². The summed E-state index contributed by atoms with van der Waals surface area (Å²) in [7, 11) is 0. The quantitative estimate of drug-likeness (QED) is 0.273. The number of rotatable bonds is 11. The van der Waals surface area contributed by atoms with Crippen LogP contribution in [0.1, 0.15) is 68.9 Å². The first-order valence-corrected chi connectivity index (χ1v) is 12.9. The molecule has 0 aliphatic heterocycles. The van der Waals surface area contributed by atoms with Crippen molar-refractivity contribution >= 4 is 29.4 Å². The second-order valence-corrected chi connectivity index (χ2v) is 11.1. The third-order valence-corrected chi connectivity index (χ3v) is 6.28. The number of amides is 4. The highest BCUT2D eigenvalue weighted by molar-refractivity contribution is 6.38. The van der Waals surface area contributed by atoms with E-state index in [0.717, 1.165) is 5.56 Å². The van der Waals surface area contributed by atoms with Crippen molar-refractivity contribution in [1.29, 1.82) is 0 Å². The number of Topliss-reactive ketones (excluding diaryl/α,β-unsaturated/α-hetero) is 1. The van der Waals surface area contributed by atoms with Gasteiger partial charge in [-0.05, 0) is 37.7 Å². The Morgan fingerprint density at radius 2 is 1.51 bits per heavy atom. The second-order valence-electron chi connectivity index (χ2n) is 11.1. The van der Waals surface area contributed by atoms with E-state index in [9.17, 15) is 24.0 Å². The van der Waals surface area contributed by atoms with Crippen molar-refractivity contribution in [2.45, 2.75) is 80.1 Å². The van der Waals surface area contributed by atoms with Crippen LogP contribution in [0.2, 0.25) is 0 Å². The first-order chi connectivity index (χ1) is 18.1. The number of hydrogen-bond acceptors (Lipinski definition) is 6. The highest BCUT2D eigenvalue weighted by Gasteiger charge is 2.36. The average molecular weight is 541 g/mol. The summed E-state index contributed by atoms with van der Waals surface area (Å²) in [6.07, 6.45) is 0. The van der Waals surface area contributed by atoms with Crippen molar-refractivity contribution < 1.29 is 24.0 Å². The number of aromatic nitrogens is 2. The first kappa shape index (κ1) is 31.2. The van der Waals surface area contributed by atoms with Crippen LogP contribution in [-0.4, -0.2) is 57.7 Å². The Hall–Kier alpha value is -4.02. The van der Waals surface area contributed by atoms with E-state index in [1.54, 1.807) is 48.5 Å². The highest BCUT2D eigenvalue weighted by Crippen LogP contribution is 2.21. The van der Waals surface area contributed by atoms with E-state index < -0.39 is 53.0 Å². The maximum atomic E-state index is 13.2. The molecule has 0 aliphatic rings. The number of ketones is 1. The van der Waals surface area contributed by atoms with E-state index in [0.29, 0.717) is 17.0 Å². The Morgan fingerprint density at radius 1 is 0.897 bits per heavy atom. The summed E-state index contributed by atoms with van der Waals surface area (Å²) in [6.45, 7) is 13.8. The Morgan fingerprint density at radius 3 is 2.03 bits per heavy atom. The van der Waals surface area contributed by atoms with E-state index in [1.165, 1.54) is 6.92 Å². The molecule has 1 aromatic carbocycles. The zero-order chi connectivity index (χ0) is 29.5. The highest BCUT2D eigenvalue weighted by atomic mass is 16.2. The van der Waals surface area contributed by atoms with E-state index in [1.807, 2.05) is 30.3 Å². The molecule has 212 valence electrons. The third-order valence-electron chi connectivity index (χ3n) is 6.28. The molecule has 39 heavy (non-hydrogen) atoms. The van der Waals surface area contributed by atoms with Crippen molar-refractivity contribution in [2.75, 3.05) is 0 Å². The van der Waals surface area contributed by atoms with Crippen LogP contribution in [-0.2, 0) is 25.7 Å². The summed E-state index contributed by atoms with van der Waals surface area (Å²) in [4.78, 5) is 64.4. The van der Waals surface area contributed by atoms with Gasteiger partial charge in [0.1, 0.15) is 12.1 Å². The van der Waals surface area contributed by atoms with Crippen LogP contribution in [0.4, 0.5) is 0 Å². The number of nitrogens with one attached hydrogen (secondary N) is 5. The number of carbonyl (C=O) groups excluding carboxylic acids is 5. The molecule has 0 unspecified atom stereocenters. The molecule has 0 aliphatic carbocycles. The van der Waals surface area contributed by atoms with Gasteiger partial charge in [-0.1, -0.05) is 65.0 Å². The van der Waals surface area contributed by atoms with Gasteiger partial charge in [0.15, 0.2) is 0 Å². The molecule has 0 saturated carbocycles. The lowest BCUT2D eigenvalue weighted by Gasteiger charge is -2.31. The molecule has 3 atom stereocenters. The fraction of sp³-hybridized carbons (Fsp3) is 0.500. The van der Waals surface area contributed by atoms with Gasteiger partial charge in [-0.25, -0.2) is 0 Å². The number of benzene rings is 1. The van der Waals surface area contributed by atoms with E-state index in [2.05, 4.69) is 31.5 Å². The van der Waals surface area contributed by atoms with Gasteiger partial charge in [0.25, 0.3) is 11.8 Å².